The minimum atomic E-state index is 0.0297. The molecule has 1 heterocycles. The molecule has 0 radical (unpaired) electrons. The normalized spacial score (nSPS) is 24.4. The molecule has 0 aromatic heterocycles. The van der Waals surface area contributed by atoms with Gasteiger partial charge in [0.2, 0.25) is 0 Å². The molecule has 1 N–H and O–H groups in total. The van der Waals surface area contributed by atoms with E-state index in [2.05, 4.69) is 18.7 Å². The first-order valence-electron chi connectivity index (χ1n) is 5.39. The van der Waals surface area contributed by atoms with Gasteiger partial charge in [0.25, 0.3) is 0 Å². The summed E-state index contributed by atoms with van der Waals surface area (Å²) < 4.78 is 5.15. The average molecular weight is 201 g/mol. The van der Waals surface area contributed by atoms with E-state index in [0.29, 0.717) is 5.92 Å². The van der Waals surface area contributed by atoms with Crippen LogP contribution in [0.5, 0.6) is 0 Å². The van der Waals surface area contributed by atoms with Crippen molar-refractivity contribution in [3.05, 3.63) is 0 Å². The van der Waals surface area contributed by atoms with Gasteiger partial charge in [-0.2, -0.15) is 0 Å². The van der Waals surface area contributed by atoms with Gasteiger partial charge in [-0.05, 0) is 18.9 Å². The Morgan fingerprint density at radius 1 is 1.50 bits per heavy atom. The summed E-state index contributed by atoms with van der Waals surface area (Å²) in [5, 5.41) is 9.17. The zero-order valence-corrected chi connectivity index (χ0v) is 9.62. The third-order valence-electron chi connectivity index (χ3n) is 2.85. The molecule has 0 aromatic rings. The molecule has 0 bridgehead atoms. The lowest BCUT2D eigenvalue weighted by Gasteiger charge is -2.28. The highest BCUT2D eigenvalue weighted by Gasteiger charge is 2.27. The molecule has 1 aliphatic rings. The van der Waals surface area contributed by atoms with E-state index in [0.717, 1.165) is 26.2 Å². The van der Waals surface area contributed by atoms with E-state index >= 15 is 0 Å². The van der Waals surface area contributed by atoms with E-state index in [1.54, 1.807) is 7.11 Å². The van der Waals surface area contributed by atoms with Gasteiger partial charge in [0.1, 0.15) is 0 Å². The predicted molar refractivity (Wildman–Crippen MR) is 57.3 cm³/mol. The lowest BCUT2D eigenvalue weighted by molar-refractivity contribution is 0.106. The molecule has 0 aromatic carbocycles. The summed E-state index contributed by atoms with van der Waals surface area (Å²) in [5.41, 5.74) is 0.0297. The summed E-state index contributed by atoms with van der Waals surface area (Å²) in [6, 6.07) is 0. The van der Waals surface area contributed by atoms with Gasteiger partial charge in [-0.1, -0.05) is 13.8 Å². The number of nitrogens with zero attached hydrogens (tertiary/aromatic N) is 1. The van der Waals surface area contributed by atoms with Crippen LogP contribution in [0.1, 0.15) is 20.3 Å². The highest BCUT2D eigenvalue weighted by molar-refractivity contribution is 4.80. The Labute approximate surface area is 87.1 Å². The minimum absolute atomic E-state index is 0.0297. The van der Waals surface area contributed by atoms with Crippen LogP contribution in [0.15, 0.2) is 0 Å². The molecular weight excluding hydrogens is 178 g/mol. The summed E-state index contributed by atoms with van der Waals surface area (Å²) in [6.07, 6.45) is 1.23. The molecule has 0 spiro atoms. The van der Waals surface area contributed by atoms with Gasteiger partial charge in [-0.25, -0.2) is 0 Å². The molecule has 0 amide bonds. The zero-order chi connectivity index (χ0) is 10.6. The molecule has 1 saturated heterocycles. The molecule has 1 rings (SSSR count). The van der Waals surface area contributed by atoms with Crippen LogP contribution in [0.4, 0.5) is 0 Å². The summed E-state index contributed by atoms with van der Waals surface area (Å²) >= 11 is 0. The van der Waals surface area contributed by atoms with Crippen LogP contribution in [-0.2, 0) is 4.74 Å². The molecule has 84 valence electrons. The highest BCUT2D eigenvalue weighted by atomic mass is 16.5. The molecule has 14 heavy (non-hydrogen) atoms. The summed E-state index contributed by atoms with van der Waals surface area (Å²) in [6.45, 7) is 8.61. The van der Waals surface area contributed by atoms with Crippen LogP contribution < -0.4 is 0 Å². The van der Waals surface area contributed by atoms with Crippen molar-refractivity contribution < 1.29 is 9.84 Å². The molecule has 1 unspecified atom stereocenters. The maximum atomic E-state index is 9.17. The highest BCUT2D eigenvalue weighted by Crippen LogP contribution is 2.22. The summed E-state index contributed by atoms with van der Waals surface area (Å²) in [4.78, 5) is 2.43. The van der Waals surface area contributed by atoms with Crippen LogP contribution in [0.3, 0.4) is 0 Å². The number of aliphatic hydroxyl groups excluding tert-OH is 1. The van der Waals surface area contributed by atoms with Gasteiger partial charge in [0.15, 0.2) is 0 Å². The number of ether oxygens (including phenoxy) is 1. The number of likely N-dealkylation sites (tertiary alicyclic amines) is 1. The predicted octanol–water partition coefficient (Wildman–Crippen LogP) is 0.973. The minimum Gasteiger partial charge on any atom is -0.396 e. The SMILES string of the molecule is COCC1CCN(CC(C)(C)CO)C1. The van der Waals surface area contributed by atoms with Gasteiger partial charge >= 0.3 is 0 Å². The van der Waals surface area contributed by atoms with Crippen molar-refractivity contribution in [2.75, 3.05) is 40.0 Å². The fourth-order valence-corrected chi connectivity index (χ4v) is 2.08. The van der Waals surface area contributed by atoms with Crippen LogP contribution in [0.25, 0.3) is 0 Å². The van der Waals surface area contributed by atoms with Crippen LogP contribution in [-0.4, -0.2) is 50.0 Å². The second kappa shape index (κ2) is 5.10. The molecule has 1 fully saturated rings. The van der Waals surface area contributed by atoms with Crippen LogP contribution >= 0.6 is 0 Å². The Morgan fingerprint density at radius 2 is 2.21 bits per heavy atom. The monoisotopic (exact) mass is 201 g/mol. The first-order valence-corrected chi connectivity index (χ1v) is 5.39. The van der Waals surface area contributed by atoms with Gasteiger partial charge in [-0.3, -0.25) is 0 Å². The third-order valence-corrected chi connectivity index (χ3v) is 2.85. The maximum Gasteiger partial charge on any atom is 0.0503 e. The summed E-state index contributed by atoms with van der Waals surface area (Å²) in [7, 11) is 1.76. The van der Waals surface area contributed by atoms with Crippen LogP contribution in [0, 0.1) is 11.3 Å². The number of hydrogen-bond donors (Lipinski definition) is 1. The number of rotatable bonds is 5. The number of aliphatic hydroxyl groups is 1. The Hall–Kier alpha value is -0.120. The second-order valence-electron chi connectivity index (χ2n) is 5.17. The largest absolute Gasteiger partial charge is 0.396 e. The van der Waals surface area contributed by atoms with Gasteiger partial charge in [0.05, 0.1) is 6.61 Å². The Bertz CT molecular complexity index is 171. The Morgan fingerprint density at radius 3 is 2.79 bits per heavy atom. The van der Waals surface area contributed by atoms with E-state index in [1.165, 1.54) is 6.42 Å². The molecule has 3 heteroatoms. The van der Waals surface area contributed by atoms with E-state index < -0.39 is 0 Å². The van der Waals surface area contributed by atoms with Crippen LogP contribution in [0.2, 0.25) is 0 Å². The van der Waals surface area contributed by atoms with E-state index in [9.17, 15) is 5.11 Å². The van der Waals surface area contributed by atoms with E-state index in [1.807, 2.05) is 0 Å². The van der Waals surface area contributed by atoms with Crippen molar-refractivity contribution in [1.29, 1.82) is 0 Å². The van der Waals surface area contributed by atoms with E-state index in [-0.39, 0.29) is 12.0 Å². The van der Waals surface area contributed by atoms with Crippen molar-refractivity contribution in [2.24, 2.45) is 11.3 Å². The topological polar surface area (TPSA) is 32.7 Å². The van der Waals surface area contributed by atoms with Crippen molar-refractivity contribution in [3.8, 4) is 0 Å². The van der Waals surface area contributed by atoms with Gasteiger partial charge < -0.3 is 14.7 Å². The zero-order valence-electron chi connectivity index (χ0n) is 9.62. The fraction of sp³-hybridized carbons (Fsp3) is 1.00. The lowest BCUT2D eigenvalue weighted by atomic mass is 9.94. The smallest absolute Gasteiger partial charge is 0.0503 e. The maximum absolute atomic E-state index is 9.17. The van der Waals surface area contributed by atoms with E-state index in [4.69, 9.17) is 4.74 Å². The molecule has 1 atom stereocenters. The number of hydrogen-bond acceptors (Lipinski definition) is 3. The van der Waals surface area contributed by atoms with Crippen molar-refractivity contribution in [3.63, 3.8) is 0 Å². The van der Waals surface area contributed by atoms with Gasteiger partial charge in [-0.15, -0.1) is 0 Å². The lowest BCUT2D eigenvalue weighted by Crippen LogP contribution is -2.35. The first kappa shape index (κ1) is 12.0. The number of methoxy groups -OCH3 is 1. The van der Waals surface area contributed by atoms with Crippen molar-refractivity contribution in [1.82, 2.24) is 4.90 Å². The standard InChI is InChI=1S/C11H23NO2/c1-11(2,9-13)8-12-5-4-10(6-12)7-14-3/h10,13H,4-9H2,1-3H3. The molecule has 0 saturated carbocycles. The molecule has 3 nitrogen and oxygen atoms in total. The molecule has 0 aliphatic carbocycles. The first-order chi connectivity index (χ1) is 6.57. The Kier molecular flexibility index (Phi) is 4.35. The average Bonchev–Trinajstić information content (AvgIpc) is 2.53. The van der Waals surface area contributed by atoms with Crippen molar-refractivity contribution in [2.45, 2.75) is 20.3 Å². The third kappa shape index (κ3) is 3.56. The fourth-order valence-electron chi connectivity index (χ4n) is 2.08. The Balaban J connectivity index is 2.28. The van der Waals surface area contributed by atoms with Gasteiger partial charge in [0, 0.05) is 32.2 Å². The molecule has 1 aliphatic heterocycles. The quantitative estimate of drug-likeness (QED) is 0.719. The summed E-state index contributed by atoms with van der Waals surface area (Å²) in [5.74, 6) is 0.689. The molecular formula is C11H23NO2. The van der Waals surface area contributed by atoms with Crippen molar-refractivity contribution >= 4 is 0 Å². The second-order valence-corrected chi connectivity index (χ2v) is 5.17.